The molecule has 1 N–H and O–H groups in total. The van der Waals surface area contributed by atoms with E-state index in [1.54, 1.807) is 7.11 Å². The fraction of sp³-hybridized carbons (Fsp3) is 0.412. The molecule has 0 saturated carbocycles. The van der Waals surface area contributed by atoms with E-state index in [1.165, 1.54) is 5.56 Å². The number of benzene rings is 1. The Bertz CT molecular complexity index is 684. The van der Waals surface area contributed by atoms with E-state index >= 15 is 0 Å². The van der Waals surface area contributed by atoms with Gasteiger partial charge in [-0.05, 0) is 38.1 Å². The van der Waals surface area contributed by atoms with Crippen molar-refractivity contribution in [3.05, 3.63) is 35.7 Å². The number of anilines is 3. The maximum atomic E-state index is 5.22. The second-order valence-corrected chi connectivity index (χ2v) is 5.84. The zero-order valence-corrected chi connectivity index (χ0v) is 13.7. The van der Waals surface area contributed by atoms with Crippen molar-refractivity contribution in [1.29, 1.82) is 0 Å². The number of aryl methyl sites for hydroxylation is 1. The number of hydrogen-bond acceptors (Lipinski definition) is 5. The summed E-state index contributed by atoms with van der Waals surface area (Å²) in [4.78, 5) is 11.4. The van der Waals surface area contributed by atoms with Gasteiger partial charge in [0, 0.05) is 30.3 Å². The summed E-state index contributed by atoms with van der Waals surface area (Å²) < 4.78 is 5.22. The molecule has 5 nitrogen and oxygen atoms in total. The second-order valence-electron chi connectivity index (χ2n) is 5.84. The summed E-state index contributed by atoms with van der Waals surface area (Å²) >= 11 is 0. The van der Waals surface area contributed by atoms with Gasteiger partial charge in [-0.2, -0.15) is 0 Å². The van der Waals surface area contributed by atoms with Gasteiger partial charge in [0.05, 0.1) is 7.11 Å². The van der Waals surface area contributed by atoms with E-state index in [4.69, 9.17) is 9.72 Å². The molecular weight excluding hydrogens is 276 g/mol. The van der Waals surface area contributed by atoms with Crippen LogP contribution in [0.4, 0.5) is 17.3 Å². The van der Waals surface area contributed by atoms with Gasteiger partial charge in [0.15, 0.2) is 0 Å². The van der Waals surface area contributed by atoms with E-state index in [0.29, 0.717) is 12.0 Å². The zero-order chi connectivity index (χ0) is 15.9. The highest BCUT2D eigenvalue weighted by Crippen LogP contribution is 2.41. The summed E-state index contributed by atoms with van der Waals surface area (Å²) in [7, 11) is 3.72. The van der Waals surface area contributed by atoms with E-state index in [2.05, 4.69) is 29.0 Å². The lowest BCUT2D eigenvalue weighted by molar-refractivity contribution is 0.415. The molecule has 2 heterocycles. The topological polar surface area (TPSA) is 50.3 Å². The van der Waals surface area contributed by atoms with Gasteiger partial charge < -0.3 is 15.0 Å². The first-order chi connectivity index (χ1) is 10.5. The molecule has 5 heteroatoms. The molecule has 0 amide bonds. The van der Waals surface area contributed by atoms with Gasteiger partial charge in [0.2, 0.25) is 0 Å². The monoisotopic (exact) mass is 298 g/mol. The van der Waals surface area contributed by atoms with Crippen LogP contribution in [0.25, 0.3) is 0 Å². The molecule has 1 aromatic heterocycles. The number of fused-ring (bicyclic) bond motifs is 1. The van der Waals surface area contributed by atoms with Crippen molar-refractivity contribution in [2.45, 2.75) is 32.7 Å². The first kappa shape index (κ1) is 14.6. The lowest BCUT2D eigenvalue weighted by atomic mass is 9.99. The third-order valence-electron chi connectivity index (χ3n) is 4.38. The Morgan fingerprint density at radius 3 is 2.45 bits per heavy atom. The summed E-state index contributed by atoms with van der Waals surface area (Å²) in [5.41, 5.74) is 2.27. The minimum absolute atomic E-state index is 0.370. The number of hydrogen-bond donors (Lipinski definition) is 1. The maximum Gasteiger partial charge on any atom is 0.142 e. The van der Waals surface area contributed by atoms with Crippen LogP contribution in [0.2, 0.25) is 0 Å². The van der Waals surface area contributed by atoms with E-state index in [-0.39, 0.29) is 0 Å². The Kier molecular flexibility index (Phi) is 3.64. The average molecular weight is 298 g/mol. The van der Waals surface area contributed by atoms with Crippen LogP contribution in [-0.4, -0.2) is 30.2 Å². The van der Waals surface area contributed by atoms with Crippen molar-refractivity contribution in [2.24, 2.45) is 0 Å². The van der Waals surface area contributed by atoms with Crippen molar-refractivity contribution < 1.29 is 4.74 Å². The molecule has 0 saturated heterocycles. The van der Waals surface area contributed by atoms with Gasteiger partial charge in [-0.1, -0.05) is 6.92 Å². The minimum atomic E-state index is 0.370. The van der Waals surface area contributed by atoms with Crippen molar-refractivity contribution in [3.63, 3.8) is 0 Å². The van der Waals surface area contributed by atoms with E-state index < -0.39 is 0 Å². The third-order valence-corrected chi connectivity index (χ3v) is 4.38. The number of ether oxygens (including phenoxy) is 1. The van der Waals surface area contributed by atoms with E-state index in [0.717, 1.165) is 28.9 Å². The van der Waals surface area contributed by atoms with Gasteiger partial charge in [-0.25, -0.2) is 9.97 Å². The van der Waals surface area contributed by atoms with Gasteiger partial charge in [0.25, 0.3) is 0 Å². The Labute approximate surface area is 131 Å². The molecule has 2 aromatic rings. The number of methoxy groups -OCH3 is 1. The zero-order valence-electron chi connectivity index (χ0n) is 13.7. The molecule has 0 aliphatic carbocycles. The lowest BCUT2D eigenvalue weighted by Gasteiger charge is -2.23. The van der Waals surface area contributed by atoms with Crippen LogP contribution in [0.1, 0.15) is 31.2 Å². The Morgan fingerprint density at radius 2 is 1.82 bits per heavy atom. The highest BCUT2D eigenvalue weighted by atomic mass is 16.5. The molecule has 2 unspecified atom stereocenters. The number of nitrogens with zero attached hydrogens (tertiary/aromatic N) is 3. The molecule has 1 aliphatic heterocycles. The predicted octanol–water partition coefficient (Wildman–Crippen LogP) is 3.48. The smallest absolute Gasteiger partial charge is 0.142 e. The molecule has 0 spiro atoms. The van der Waals surface area contributed by atoms with Gasteiger partial charge in [0.1, 0.15) is 23.2 Å². The van der Waals surface area contributed by atoms with Crippen LogP contribution in [-0.2, 0) is 0 Å². The summed E-state index contributed by atoms with van der Waals surface area (Å²) in [6.45, 7) is 6.33. The Hall–Kier alpha value is -2.30. The van der Waals surface area contributed by atoms with Crippen molar-refractivity contribution in [3.8, 4) is 5.75 Å². The number of nitrogens with one attached hydrogen (secondary N) is 1. The van der Waals surface area contributed by atoms with Crippen molar-refractivity contribution >= 4 is 17.3 Å². The summed E-state index contributed by atoms with van der Waals surface area (Å²) in [5.74, 6) is 3.94. The Morgan fingerprint density at radius 1 is 1.14 bits per heavy atom. The molecule has 0 radical (unpaired) electrons. The summed E-state index contributed by atoms with van der Waals surface area (Å²) in [5, 5.41) is 3.46. The molecular formula is C17H22N4O. The number of rotatable bonds is 3. The maximum absolute atomic E-state index is 5.22. The quantitative estimate of drug-likeness (QED) is 0.940. The molecule has 1 aliphatic rings. The van der Waals surface area contributed by atoms with E-state index in [1.807, 2.05) is 38.2 Å². The van der Waals surface area contributed by atoms with Gasteiger partial charge >= 0.3 is 0 Å². The highest BCUT2D eigenvalue weighted by molar-refractivity contribution is 5.71. The first-order valence-corrected chi connectivity index (χ1v) is 7.54. The largest absolute Gasteiger partial charge is 0.497 e. The fourth-order valence-electron chi connectivity index (χ4n) is 2.87. The molecule has 1 aromatic carbocycles. The first-order valence-electron chi connectivity index (χ1n) is 7.54. The van der Waals surface area contributed by atoms with Gasteiger partial charge in [-0.3, -0.25) is 0 Å². The SMILES string of the molecule is COc1ccc(N(C)c2nc(C)nc3c2C(C)C(C)N3)cc1. The fourth-order valence-corrected chi connectivity index (χ4v) is 2.87. The van der Waals surface area contributed by atoms with Crippen molar-refractivity contribution in [1.82, 2.24) is 9.97 Å². The molecule has 0 fully saturated rings. The third kappa shape index (κ3) is 2.36. The highest BCUT2D eigenvalue weighted by Gasteiger charge is 2.31. The van der Waals surface area contributed by atoms with Crippen LogP contribution in [0, 0.1) is 6.92 Å². The standard InChI is InChI=1S/C17H22N4O/c1-10-11(2)18-16-15(10)17(20-12(3)19-16)21(4)13-6-8-14(22-5)9-7-13/h6-11H,1-5H3,(H,18,19,20). The predicted molar refractivity (Wildman–Crippen MR) is 89.3 cm³/mol. The van der Waals surface area contributed by atoms with Crippen LogP contribution in [0.15, 0.2) is 24.3 Å². The average Bonchev–Trinajstić information content (AvgIpc) is 2.80. The lowest BCUT2D eigenvalue weighted by Crippen LogP contribution is -2.16. The molecule has 3 rings (SSSR count). The molecule has 0 bridgehead atoms. The van der Waals surface area contributed by atoms with Crippen LogP contribution >= 0.6 is 0 Å². The molecule has 2 atom stereocenters. The summed E-state index contributed by atoms with van der Waals surface area (Å²) in [6, 6.07) is 8.38. The second kappa shape index (κ2) is 5.48. The number of aromatic nitrogens is 2. The van der Waals surface area contributed by atoms with Crippen LogP contribution in [0.3, 0.4) is 0 Å². The van der Waals surface area contributed by atoms with E-state index in [9.17, 15) is 0 Å². The molecule has 22 heavy (non-hydrogen) atoms. The normalized spacial score (nSPS) is 19.5. The molecule has 116 valence electrons. The minimum Gasteiger partial charge on any atom is -0.497 e. The Balaban J connectivity index is 2.04. The van der Waals surface area contributed by atoms with Crippen molar-refractivity contribution in [2.75, 3.05) is 24.4 Å². The van der Waals surface area contributed by atoms with Crippen LogP contribution in [0.5, 0.6) is 5.75 Å². The van der Waals surface area contributed by atoms with Gasteiger partial charge in [-0.15, -0.1) is 0 Å². The van der Waals surface area contributed by atoms with Crippen LogP contribution < -0.4 is 15.0 Å². The summed E-state index contributed by atoms with van der Waals surface area (Å²) in [6.07, 6.45) is 0.